The largest absolute Gasteiger partial charge is 0.293 e. The van der Waals surface area contributed by atoms with Crippen LogP contribution in [0.25, 0.3) is 10.6 Å². The molecular formula is C12H10FNOS. The fraction of sp³-hybridized carbons (Fsp3) is 0.167. The molecule has 0 amide bonds. The summed E-state index contributed by atoms with van der Waals surface area (Å²) in [6.45, 7) is 3.16. The molecule has 0 aliphatic rings. The van der Waals surface area contributed by atoms with Gasteiger partial charge < -0.3 is 0 Å². The third-order valence-electron chi connectivity index (χ3n) is 2.29. The lowest BCUT2D eigenvalue weighted by Gasteiger charge is -2.01. The molecule has 0 aliphatic carbocycles. The van der Waals surface area contributed by atoms with E-state index in [4.69, 9.17) is 0 Å². The first-order valence-electron chi connectivity index (χ1n) is 4.81. The van der Waals surface area contributed by atoms with Gasteiger partial charge in [0.2, 0.25) is 0 Å². The van der Waals surface area contributed by atoms with Crippen molar-refractivity contribution in [2.24, 2.45) is 0 Å². The Morgan fingerprint density at radius 3 is 2.81 bits per heavy atom. The van der Waals surface area contributed by atoms with Crippen LogP contribution in [0.15, 0.2) is 23.6 Å². The van der Waals surface area contributed by atoms with E-state index in [0.717, 1.165) is 0 Å². The molecular weight excluding hydrogens is 225 g/mol. The lowest BCUT2D eigenvalue weighted by Crippen LogP contribution is -1.92. The third kappa shape index (κ3) is 1.88. The number of halogens is 1. The van der Waals surface area contributed by atoms with Crippen molar-refractivity contribution in [2.45, 2.75) is 13.8 Å². The fourth-order valence-electron chi connectivity index (χ4n) is 1.37. The van der Waals surface area contributed by atoms with Crippen LogP contribution in [0.2, 0.25) is 0 Å². The maximum atomic E-state index is 13.8. The van der Waals surface area contributed by atoms with Gasteiger partial charge in [-0.05, 0) is 18.6 Å². The molecule has 0 saturated heterocycles. The molecule has 0 bridgehead atoms. The van der Waals surface area contributed by atoms with E-state index < -0.39 is 0 Å². The van der Waals surface area contributed by atoms with Crippen LogP contribution in [-0.2, 0) is 0 Å². The summed E-state index contributed by atoms with van der Waals surface area (Å²) < 4.78 is 13.8. The summed E-state index contributed by atoms with van der Waals surface area (Å²) >= 11 is 1.28. The highest BCUT2D eigenvalue weighted by molar-refractivity contribution is 7.13. The molecule has 1 aromatic carbocycles. The Kier molecular flexibility index (Phi) is 2.83. The molecule has 16 heavy (non-hydrogen) atoms. The van der Waals surface area contributed by atoms with Gasteiger partial charge in [0, 0.05) is 17.9 Å². The zero-order chi connectivity index (χ0) is 11.7. The van der Waals surface area contributed by atoms with E-state index in [1.165, 1.54) is 18.3 Å². The van der Waals surface area contributed by atoms with Gasteiger partial charge in [0.05, 0.1) is 0 Å². The molecule has 0 atom stereocenters. The lowest BCUT2D eigenvalue weighted by atomic mass is 10.1. The number of carbonyl (C=O) groups is 1. The first-order chi connectivity index (χ1) is 7.59. The minimum atomic E-state index is -0.271. The molecule has 0 unspecified atom stereocenters. The molecule has 1 aromatic heterocycles. The molecule has 0 radical (unpaired) electrons. The van der Waals surface area contributed by atoms with E-state index in [2.05, 4.69) is 4.98 Å². The average molecular weight is 235 g/mol. The topological polar surface area (TPSA) is 30.0 Å². The Labute approximate surface area is 96.8 Å². The molecule has 0 spiro atoms. The minimum absolute atomic E-state index is 0.101. The van der Waals surface area contributed by atoms with E-state index in [9.17, 15) is 9.18 Å². The smallest absolute Gasteiger partial charge is 0.178 e. The Hall–Kier alpha value is -1.55. The minimum Gasteiger partial charge on any atom is -0.293 e. The van der Waals surface area contributed by atoms with Crippen molar-refractivity contribution in [3.8, 4) is 10.6 Å². The average Bonchev–Trinajstić information content (AvgIpc) is 2.71. The number of hydrogen-bond donors (Lipinski definition) is 0. The molecule has 4 heteroatoms. The fourth-order valence-corrected chi connectivity index (χ4v) is 2.25. The van der Waals surface area contributed by atoms with Gasteiger partial charge in [0.15, 0.2) is 5.78 Å². The van der Waals surface area contributed by atoms with Crippen LogP contribution in [0.4, 0.5) is 4.39 Å². The van der Waals surface area contributed by atoms with Crippen molar-refractivity contribution in [3.63, 3.8) is 0 Å². The van der Waals surface area contributed by atoms with Gasteiger partial charge in [-0.3, -0.25) is 4.79 Å². The molecule has 0 fully saturated rings. The normalized spacial score (nSPS) is 10.4. The van der Waals surface area contributed by atoms with E-state index in [1.807, 2.05) is 0 Å². The van der Waals surface area contributed by atoms with Crippen LogP contribution in [0.1, 0.15) is 23.0 Å². The molecule has 1 heterocycles. The monoisotopic (exact) mass is 235 g/mol. The Morgan fingerprint density at radius 1 is 1.44 bits per heavy atom. The van der Waals surface area contributed by atoms with Crippen molar-refractivity contribution >= 4 is 17.1 Å². The van der Waals surface area contributed by atoms with Crippen molar-refractivity contribution < 1.29 is 9.18 Å². The molecule has 2 rings (SSSR count). The Bertz CT molecular complexity index is 548. The number of carbonyl (C=O) groups excluding carboxylic acids is 1. The van der Waals surface area contributed by atoms with Gasteiger partial charge in [0.1, 0.15) is 16.5 Å². The van der Waals surface area contributed by atoms with Crippen LogP contribution in [-0.4, -0.2) is 10.8 Å². The number of Topliss-reactive ketones (excluding diaryl/α,β-unsaturated/α-hetero) is 1. The molecule has 82 valence electrons. The first kappa shape index (κ1) is 11.0. The highest BCUT2D eigenvalue weighted by Gasteiger charge is 2.12. The van der Waals surface area contributed by atoms with E-state index in [0.29, 0.717) is 21.8 Å². The summed E-state index contributed by atoms with van der Waals surface area (Å²) in [5.74, 6) is -0.373. The van der Waals surface area contributed by atoms with Crippen LogP contribution < -0.4 is 0 Å². The maximum absolute atomic E-state index is 13.8. The molecule has 2 nitrogen and oxygen atoms in total. The summed E-state index contributed by atoms with van der Waals surface area (Å²) in [4.78, 5) is 15.2. The summed E-state index contributed by atoms with van der Waals surface area (Å²) in [6.07, 6.45) is 0. The second-order valence-corrected chi connectivity index (χ2v) is 4.39. The van der Waals surface area contributed by atoms with Gasteiger partial charge in [-0.25, -0.2) is 9.37 Å². The quantitative estimate of drug-likeness (QED) is 0.746. The molecule has 0 saturated carbocycles. The number of hydrogen-bond acceptors (Lipinski definition) is 3. The highest BCUT2D eigenvalue weighted by atomic mass is 32.1. The molecule has 0 aliphatic heterocycles. The van der Waals surface area contributed by atoms with E-state index in [1.54, 1.807) is 30.5 Å². The molecule has 2 aromatic rings. The first-order valence-corrected chi connectivity index (χ1v) is 5.69. The number of benzene rings is 1. The maximum Gasteiger partial charge on any atom is 0.178 e. The van der Waals surface area contributed by atoms with Crippen LogP contribution in [0.3, 0.4) is 0 Å². The second-order valence-electron chi connectivity index (χ2n) is 3.53. The summed E-state index contributed by atoms with van der Waals surface area (Å²) in [5, 5.41) is 2.20. The van der Waals surface area contributed by atoms with Crippen molar-refractivity contribution in [3.05, 3.63) is 40.7 Å². The number of aryl methyl sites for hydroxylation is 1. The van der Waals surface area contributed by atoms with Crippen LogP contribution >= 0.6 is 11.3 Å². The number of aromatic nitrogens is 1. The summed E-state index contributed by atoms with van der Waals surface area (Å²) in [5.41, 5.74) is 1.43. The van der Waals surface area contributed by atoms with E-state index >= 15 is 0 Å². The number of thiazole rings is 1. The highest BCUT2D eigenvalue weighted by Crippen LogP contribution is 2.27. The van der Waals surface area contributed by atoms with Crippen LogP contribution in [0, 0.1) is 12.7 Å². The van der Waals surface area contributed by atoms with Crippen molar-refractivity contribution in [1.82, 2.24) is 4.98 Å². The van der Waals surface area contributed by atoms with Crippen LogP contribution in [0.5, 0.6) is 0 Å². The van der Waals surface area contributed by atoms with E-state index in [-0.39, 0.29) is 11.6 Å². The zero-order valence-corrected chi connectivity index (χ0v) is 9.77. The number of nitrogens with zero attached hydrogens (tertiary/aromatic N) is 1. The predicted molar refractivity (Wildman–Crippen MR) is 62.2 cm³/mol. The lowest BCUT2D eigenvalue weighted by molar-refractivity contribution is 0.101. The second kappa shape index (κ2) is 4.14. The van der Waals surface area contributed by atoms with Gasteiger partial charge in [-0.2, -0.15) is 0 Å². The van der Waals surface area contributed by atoms with Gasteiger partial charge >= 0.3 is 0 Å². The van der Waals surface area contributed by atoms with Gasteiger partial charge in [-0.1, -0.05) is 12.1 Å². The SMILES string of the molecule is CC(=O)c1csc(-c2cccc(C)c2F)n1. The van der Waals surface area contributed by atoms with Gasteiger partial charge in [0.25, 0.3) is 0 Å². The Balaban J connectivity index is 2.50. The van der Waals surface area contributed by atoms with Gasteiger partial charge in [-0.15, -0.1) is 11.3 Å². The number of rotatable bonds is 2. The van der Waals surface area contributed by atoms with Crippen molar-refractivity contribution in [1.29, 1.82) is 0 Å². The third-order valence-corrected chi connectivity index (χ3v) is 3.16. The van der Waals surface area contributed by atoms with Crippen molar-refractivity contribution in [2.75, 3.05) is 0 Å². The summed E-state index contributed by atoms with van der Waals surface area (Å²) in [6, 6.07) is 5.16. The predicted octanol–water partition coefficient (Wildman–Crippen LogP) is 3.46. The zero-order valence-electron chi connectivity index (χ0n) is 8.95. The molecule has 0 N–H and O–H groups in total. The number of ketones is 1. The summed E-state index contributed by atoms with van der Waals surface area (Å²) in [7, 11) is 0. The Morgan fingerprint density at radius 2 is 2.19 bits per heavy atom. The standard InChI is InChI=1S/C12H10FNOS/c1-7-4-3-5-9(11(7)13)12-14-10(6-16-12)8(2)15/h3-6H,1-2H3.